The van der Waals surface area contributed by atoms with E-state index in [9.17, 15) is 0 Å². The summed E-state index contributed by atoms with van der Waals surface area (Å²) in [7, 11) is 0. The van der Waals surface area contributed by atoms with Gasteiger partial charge in [-0.1, -0.05) is 0 Å². The number of rotatable bonds is 0. The number of fused-ring (bicyclic) bond motifs is 1. The molecule has 0 saturated carbocycles. The van der Waals surface area contributed by atoms with Crippen LogP contribution in [0.25, 0.3) is 10.9 Å². The molecule has 0 atom stereocenters. The summed E-state index contributed by atoms with van der Waals surface area (Å²) in [4.78, 5) is 4.44. The summed E-state index contributed by atoms with van der Waals surface area (Å²) in [5.74, 6) is 0. The molecule has 0 fully saturated rings. The van der Waals surface area contributed by atoms with E-state index in [1.807, 2.05) is 32.0 Å². The monoisotopic (exact) mass is 187 g/mol. The maximum absolute atomic E-state index is 5.99. The van der Waals surface area contributed by atoms with Gasteiger partial charge in [-0.25, -0.2) is 0 Å². The van der Waals surface area contributed by atoms with Gasteiger partial charge in [-0.05, 0) is 37.6 Å². The van der Waals surface area contributed by atoms with Crippen molar-refractivity contribution in [2.45, 2.75) is 13.8 Å². The maximum Gasteiger partial charge on any atom is 0.0727 e. The van der Waals surface area contributed by atoms with Gasteiger partial charge in [0.2, 0.25) is 0 Å². The summed E-state index contributed by atoms with van der Waals surface area (Å²) < 4.78 is 0. The van der Waals surface area contributed by atoms with Gasteiger partial charge in [0.05, 0.1) is 5.52 Å². The second-order valence-corrected chi connectivity index (χ2v) is 3.51. The fourth-order valence-electron chi connectivity index (χ4n) is 1.53. The molecule has 2 aromatic rings. The van der Waals surface area contributed by atoms with E-state index in [0.717, 1.165) is 27.8 Å². The summed E-state index contributed by atoms with van der Waals surface area (Å²) in [5.41, 5.74) is 16.1. The smallest absolute Gasteiger partial charge is 0.0727 e. The molecule has 1 aromatic heterocycles. The SMILES string of the molecule is Cc1nc2ccc(N)cc2c(N)c1C. The molecule has 0 amide bonds. The summed E-state index contributed by atoms with van der Waals surface area (Å²) in [6.45, 7) is 3.93. The van der Waals surface area contributed by atoms with Crippen molar-refractivity contribution in [1.82, 2.24) is 4.98 Å². The third kappa shape index (κ3) is 1.18. The topological polar surface area (TPSA) is 64.9 Å². The van der Waals surface area contributed by atoms with Crippen LogP contribution in [-0.4, -0.2) is 4.98 Å². The van der Waals surface area contributed by atoms with Gasteiger partial charge in [0, 0.05) is 22.5 Å². The Morgan fingerprint density at radius 1 is 1.14 bits per heavy atom. The predicted octanol–water partition coefficient (Wildman–Crippen LogP) is 2.02. The van der Waals surface area contributed by atoms with Crippen LogP contribution < -0.4 is 11.5 Å². The van der Waals surface area contributed by atoms with E-state index in [2.05, 4.69) is 4.98 Å². The molecular formula is C11H13N3. The minimum absolute atomic E-state index is 0.717. The molecule has 0 aliphatic rings. The van der Waals surface area contributed by atoms with Crippen LogP contribution in [0.4, 0.5) is 11.4 Å². The lowest BCUT2D eigenvalue weighted by atomic mass is 10.1. The van der Waals surface area contributed by atoms with Crippen LogP contribution in [0.5, 0.6) is 0 Å². The first-order chi connectivity index (χ1) is 6.59. The molecule has 0 bridgehead atoms. The van der Waals surface area contributed by atoms with E-state index in [4.69, 9.17) is 11.5 Å². The van der Waals surface area contributed by atoms with Crippen molar-refractivity contribution >= 4 is 22.3 Å². The number of nitrogens with zero attached hydrogens (tertiary/aromatic N) is 1. The van der Waals surface area contributed by atoms with E-state index in [-0.39, 0.29) is 0 Å². The Bertz CT molecular complexity index is 503. The average Bonchev–Trinajstić information content (AvgIpc) is 2.16. The normalized spacial score (nSPS) is 10.7. The van der Waals surface area contributed by atoms with E-state index in [1.165, 1.54) is 0 Å². The van der Waals surface area contributed by atoms with Gasteiger partial charge in [-0.15, -0.1) is 0 Å². The van der Waals surface area contributed by atoms with Crippen LogP contribution >= 0.6 is 0 Å². The second kappa shape index (κ2) is 2.87. The van der Waals surface area contributed by atoms with Crippen LogP contribution in [0.1, 0.15) is 11.3 Å². The molecule has 0 spiro atoms. The Hall–Kier alpha value is -1.77. The zero-order valence-electron chi connectivity index (χ0n) is 8.33. The Kier molecular flexibility index (Phi) is 1.81. The molecule has 3 nitrogen and oxygen atoms in total. The van der Waals surface area contributed by atoms with Crippen molar-refractivity contribution in [3.05, 3.63) is 29.5 Å². The number of anilines is 2. The molecule has 2 rings (SSSR count). The Labute approximate surface area is 82.7 Å². The van der Waals surface area contributed by atoms with Crippen molar-refractivity contribution in [3.8, 4) is 0 Å². The fraction of sp³-hybridized carbons (Fsp3) is 0.182. The van der Waals surface area contributed by atoms with Gasteiger partial charge >= 0.3 is 0 Å². The van der Waals surface area contributed by atoms with Gasteiger partial charge in [0.1, 0.15) is 0 Å². The van der Waals surface area contributed by atoms with Gasteiger partial charge in [0.15, 0.2) is 0 Å². The van der Waals surface area contributed by atoms with E-state index in [1.54, 1.807) is 0 Å². The summed E-state index contributed by atoms with van der Waals surface area (Å²) in [6, 6.07) is 5.60. The second-order valence-electron chi connectivity index (χ2n) is 3.51. The van der Waals surface area contributed by atoms with Gasteiger partial charge in [-0.3, -0.25) is 4.98 Å². The van der Waals surface area contributed by atoms with Crippen LogP contribution in [0.2, 0.25) is 0 Å². The highest BCUT2D eigenvalue weighted by atomic mass is 14.7. The number of nitrogen functional groups attached to an aromatic ring is 2. The lowest BCUT2D eigenvalue weighted by Crippen LogP contribution is -1.98. The quantitative estimate of drug-likeness (QED) is 0.620. The minimum Gasteiger partial charge on any atom is -0.399 e. The van der Waals surface area contributed by atoms with E-state index >= 15 is 0 Å². The van der Waals surface area contributed by atoms with Gasteiger partial charge in [-0.2, -0.15) is 0 Å². The molecule has 3 heteroatoms. The van der Waals surface area contributed by atoms with Crippen LogP contribution in [0.3, 0.4) is 0 Å². The molecule has 1 heterocycles. The minimum atomic E-state index is 0.717. The molecule has 0 aliphatic carbocycles. The first-order valence-corrected chi connectivity index (χ1v) is 4.51. The number of benzene rings is 1. The maximum atomic E-state index is 5.99. The number of aromatic nitrogens is 1. The molecule has 0 aliphatic heterocycles. The predicted molar refractivity (Wildman–Crippen MR) is 60.0 cm³/mol. The van der Waals surface area contributed by atoms with Crippen LogP contribution in [0, 0.1) is 13.8 Å². The zero-order valence-corrected chi connectivity index (χ0v) is 8.33. The number of hydrogen-bond donors (Lipinski definition) is 2. The number of aryl methyl sites for hydroxylation is 1. The van der Waals surface area contributed by atoms with E-state index < -0.39 is 0 Å². The van der Waals surface area contributed by atoms with Crippen LogP contribution in [0.15, 0.2) is 18.2 Å². The van der Waals surface area contributed by atoms with Gasteiger partial charge < -0.3 is 11.5 Å². The average molecular weight is 187 g/mol. The highest BCUT2D eigenvalue weighted by Crippen LogP contribution is 2.26. The molecule has 72 valence electrons. The molecule has 1 aromatic carbocycles. The highest BCUT2D eigenvalue weighted by molar-refractivity contribution is 5.93. The largest absolute Gasteiger partial charge is 0.399 e. The van der Waals surface area contributed by atoms with Gasteiger partial charge in [0.25, 0.3) is 0 Å². The third-order valence-electron chi connectivity index (χ3n) is 2.55. The summed E-state index contributed by atoms with van der Waals surface area (Å²) >= 11 is 0. The Morgan fingerprint density at radius 2 is 1.86 bits per heavy atom. The zero-order chi connectivity index (χ0) is 10.3. The van der Waals surface area contributed by atoms with E-state index in [0.29, 0.717) is 5.69 Å². The first kappa shape index (κ1) is 8.81. The molecule has 4 N–H and O–H groups in total. The Morgan fingerprint density at radius 3 is 2.57 bits per heavy atom. The summed E-state index contributed by atoms with van der Waals surface area (Å²) in [5, 5.41) is 0.938. The third-order valence-corrected chi connectivity index (χ3v) is 2.55. The number of pyridine rings is 1. The molecule has 0 saturated heterocycles. The molecule has 0 radical (unpaired) electrons. The molecule has 0 unspecified atom stereocenters. The van der Waals surface area contributed by atoms with Crippen molar-refractivity contribution in [1.29, 1.82) is 0 Å². The lowest BCUT2D eigenvalue weighted by Gasteiger charge is -2.08. The van der Waals surface area contributed by atoms with Crippen molar-refractivity contribution < 1.29 is 0 Å². The van der Waals surface area contributed by atoms with Crippen LogP contribution in [-0.2, 0) is 0 Å². The number of hydrogen-bond acceptors (Lipinski definition) is 3. The van der Waals surface area contributed by atoms with Crippen molar-refractivity contribution in [2.75, 3.05) is 11.5 Å². The molecular weight excluding hydrogens is 174 g/mol. The number of nitrogens with two attached hydrogens (primary N) is 2. The van der Waals surface area contributed by atoms with Crippen molar-refractivity contribution in [3.63, 3.8) is 0 Å². The van der Waals surface area contributed by atoms with Crippen molar-refractivity contribution in [2.24, 2.45) is 0 Å². The lowest BCUT2D eigenvalue weighted by molar-refractivity contribution is 1.20. The highest BCUT2D eigenvalue weighted by Gasteiger charge is 2.05. The first-order valence-electron chi connectivity index (χ1n) is 4.51. The Balaban J connectivity index is 2.92. The standard InChI is InChI=1S/C11H13N3/c1-6-7(2)14-10-4-3-8(12)5-9(10)11(6)13/h3-5H,12H2,1-2H3,(H2,13,14). The summed E-state index contributed by atoms with van der Waals surface area (Å²) in [6.07, 6.45) is 0. The fourth-order valence-corrected chi connectivity index (χ4v) is 1.53. The molecule has 14 heavy (non-hydrogen) atoms.